The van der Waals surface area contributed by atoms with Crippen LogP contribution in [0.5, 0.6) is 5.75 Å². The van der Waals surface area contributed by atoms with Crippen LogP contribution in [0.3, 0.4) is 0 Å². The summed E-state index contributed by atoms with van der Waals surface area (Å²) >= 11 is 0. The second-order valence-corrected chi connectivity index (χ2v) is 8.78. The number of pyridine rings is 1. The first-order valence-corrected chi connectivity index (χ1v) is 12.6. The molecule has 0 spiro atoms. The van der Waals surface area contributed by atoms with Gasteiger partial charge in [-0.05, 0) is 47.5 Å². The summed E-state index contributed by atoms with van der Waals surface area (Å²) in [5, 5.41) is 0. The largest absolute Gasteiger partial charge is 0.497 e. The molecule has 0 saturated heterocycles. The fourth-order valence-electron chi connectivity index (χ4n) is 4.04. The van der Waals surface area contributed by atoms with Crippen LogP contribution in [0.4, 0.5) is 0 Å². The Morgan fingerprint density at radius 1 is 0.514 bits per heavy atom. The molecule has 5 aromatic rings. The van der Waals surface area contributed by atoms with Gasteiger partial charge in [-0.25, -0.2) is 18.6 Å². The molecular weight excluding hydrogens is 490 g/mol. The molecule has 0 radical (unpaired) electrons. The lowest BCUT2D eigenvalue weighted by Crippen LogP contribution is -2.68. The first-order valence-electron chi connectivity index (χ1n) is 11.4. The number of hydrogen-bond acceptors (Lipinski definition) is 5. The molecule has 4 aromatic carbocycles. The fraction of sp³-hybridized carbons (Fsp3) is 0.0333. The van der Waals surface area contributed by atoms with Crippen LogP contribution in [0.15, 0.2) is 127 Å². The van der Waals surface area contributed by atoms with Gasteiger partial charge in [-0.2, -0.15) is 4.57 Å². The maximum atomic E-state index is 8.49. The normalized spacial score (nSPS) is 10.8. The van der Waals surface area contributed by atoms with E-state index in [2.05, 4.69) is 120 Å². The summed E-state index contributed by atoms with van der Waals surface area (Å²) in [5.74, 6) is 0.845. The molecule has 7 heteroatoms. The van der Waals surface area contributed by atoms with E-state index in [0.29, 0.717) is 0 Å². The van der Waals surface area contributed by atoms with E-state index in [1.165, 1.54) is 22.3 Å². The zero-order chi connectivity index (χ0) is 26.3. The Labute approximate surface area is 217 Å². The number of halogens is 1. The Balaban J connectivity index is 0.000000586. The van der Waals surface area contributed by atoms with E-state index < -0.39 is 10.2 Å². The number of hydrogen-bond donors (Lipinski definition) is 0. The van der Waals surface area contributed by atoms with Crippen LogP contribution in [0.25, 0.3) is 39.3 Å². The molecular formula is C30H24ClNO5. The quantitative estimate of drug-likeness (QED) is 0.335. The van der Waals surface area contributed by atoms with Crippen molar-refractivity contribution in [3.8, 4) is 45.1 Å². The highest BCUT2D eigenvalue weighted by atomic mass is 35.7. The van der Waals surface area contributed by atoms with Crippen molar-refractivity contribution in [2.45, 2.75) is 0 Å². The highest BCUT2D eigenvalue weighted by Crippen LogP contribution is 2.30. The number of methoxy groups -OCH3 is 1. The van der Waals surface area contributed by atoms with Crippen LogP contribution in [0, 0.1) is 10.2 Å². The number of ether oxygens (including phenoxy) is 1. The van der Waals surface area contributed by atoms with E-state index in [0.717, 1.165) is 22.8 Å². The highest BCUT2D eigenvalue weighted by molar-refractivity contribution is 5.74. The predicted octanol–water partition coefficient (Wildman–Crippen LogP) is 2.22. The standard InChI is InChI=1S/C30H24NO.ClHO4/c1-32-28-19-17-27(18-20-28)31-29(24-13-7-3-8-14-24)21-26(23-11-5-2-6-12-23)22-30(31)25-15-9-4-10-16-25;2-1(3,4)5/h2-22H,1H3;(H,2,3,4,5)/q+1;/p-1. The number of benzene rings is 4. The number of nitrogens with zero attached hydrogens (tertiary/aromatic N) is 1. The Kier molecular flexibility index (Phi) is 8.30. The van der Waals surface area contributed by atoms with Gasteiger partial charge in [0.05, 0.1) is 7.11 Å². The van der Waals surface area contributed by atoms with Gasteiger partial charge in [-0.1, -0.05) is 66.7 Å². The van der Waals surface area contributed by atoms with Crippen molar-refractivity contribution in [1.82, 2.24) is 0 Å². The molecule has 0 unspecified atom stereocenters. The lowest BCUT2D eigenvalue weighted by molar-refractivity contribution is -2.00. The number of aromatic nitrogens is 1. The van der Waals surface area contributed by atoms with Crippen molar-refractivity contribution >= 4 is 0 Å². The fourth-order valence-corrected chi connectivity index (χ4v) is 4.04. The predicted molar refractivity (Wildman–Crippen MR) is 131 cm³/mol. The molecule has 0 amide bonds. The van der Waals surface area contributed by atoms with Crippen molar-refractivity contribution in [1.29, 1.82) is 0 Å². The van der Waals surface area contributed by atoms with Gasteiger partial charge in [0.15, 0.2) is 0 Å². The summed E-state index contributed by atoms with van der Waals surface area (Å²) in [7, 11) is -3.25. The number of rotatable bonds is 5. The zero-order valence-corrected chi connectivity index (χ0v) is 20.7. The Morgan fingerprint density at radius 3 is 1.27 bits per heavy atom. The minimum absolute atomic E-state index is 0.845. The summed E-state index contributed by atoms with van der Waals surface area (Å²) < 4.78 is 41.7. The Bertz CT molecular complexity index is 1360. The third-order valence-corrected chi connectivity index (χ3v) is 5.64. The minimum atomic E-state index is -4.94. The minimum Gasteiger partial charge on any atom is -0.497 e. The van der Waals surface area contributed by atoms with E-state index in [9.17, 15) is 0 Å². The first-order chi connectivity index (χ1) is 17.8. The second-order valence-electron chi connectivity index (χ2n) is 8.02. The third kappa shape index (κ3) is 7.01. The molecule has 0 fully saturated rings. The van der Waals surface area contributed by atoms with E-state index in [1.807, 2.05) is 12.1 Å². The molecule has 5 rings (SSSR count). The molecule has 1 aromatic heterocycles. The molecule has 0 aliphatic rings. The van der Waals surface area contributed by atoms with Crippen LogP contribution in [0.1, 0.15) is 0 Å². The van der Waals surface area contributed by atoms with E-state index in [4.69, 9.17) is 23.4 Å². The van der Waals surface area contributed by atoms with Gasteiger partial charge in [0.25, 0.3) is 0 Å². The van der Waals surface area contributed by atoms with Gasteiger partial charge in [0.2, 0.25) is 17.1 Å². The van der Waals surface area contributed by atoms with Crippen LogP contribution in [0.2, 0.25) is 0 Å². The van der Waals surface area contributed by atoms with Crippen molar-refractivity contribution in [3.05, 3.63) is 127 Å². The first kappa shape index (κ1) is 26.0. The van der Waals surface area contributed by atoms with Gasteiger partial charge in [0, 0.05) is 35.4 Å². The van der Waals surface area contributed by atoms with Gasteiger partial charge >= 0.3 is 0 Å². The molecule has 0 aliphatic heterocycles. The maximum Gasteiger partial charge on any atom is 0.219 e. The van der Waals surface area contributed by atoms with E-state index in [1.54, 1.807) is 7.11 Å². The molecule has 37 heavy (non-hydrogen) atoms. The Morgan fingerprint density at radius 2 is 0.892 bits per heavy atom. The third-order valence-electron chi connectivity index (χ3n) is 5.64. The van der Waals surface area contributed by atoms with Crippen molar-refractivity contribution in [3.63, 3.8) is 0 Å². The average Bonchev–Trinajstić information content (AvgIpc) is 2.93. The summed E-state index contributed by atoms with van der Waals surface area (Å²) in [6.45, 7) is 0. The SMILES string of the molecule is COc1ccc(-[n+]2c(-c3ccccc3)cc(-c3ccccc3)cc2-c2ccccc2)cc1.[O-][Cl+3]([O-])([O-])[O-]. The lowest BCUT2D eigenvalue weighted by atomic mass is 9.98. The molecule has 1 heterocycles. The molecule has 0 aliphatic carbocycles. The van der Waals surface area contributed by atoms with Crippen LogP contribution >= 0.6 is 0 Å². The van der Waals surface area contributed by atoms with E-state index in [-0.39, 0.29) is 0 Å². The van der Waals surface area contributed by atoms with Crippen molar-refractivity contribution < 1.29 is 38.2 Å². The van der Waals surface area contributed by atoms with Crippen molar-refractivity contribution in [2.75, 3.05) is 7.11 Å². The molecule has 6 nitrogen and oxygen atoms in total. The maximum absolute atomic E-state index is 8.49. The molecule has 186 valence electrons. The average molecular weight is 514 g/mol. The van der Waals surface area contributed by atoms with Gasteiger partial charge in [-0.15, -0.1) is 10.2 Å². The summed E-state index contributed by atoms with van der Waals surface area (Å²) in [5.41, 5.74) is 8.07. The van der Waals surface area contributed by atoms with Crippen LogP contribution in [-0.4, -0.2) is 7.11 Å². The van der Waals surface area contributed by atoms with Gasteiger partial charge in [0.1, 0.15) is 5.75 Å². The summed E-state index contributed by atoms with van der Waals surface area (Å²) in [6, 6.07) is 44.5. The van der Waals surface area contributed by atoms with Crippen LogP contribution < -0.4 is 27.9 Å². The Hall–Kier alpha value is -4.04. The van der Waals surface area contributed by atoms with Crippen molar-refractivity contribution in [2.24, 2.45) is 0 Å². The smallest absolute Gasteiger partial charge is 0.219 e. The van der Waals surface area contributed by atoms with Gasteiger partial charge in [-0.3, -0.25) is 0 Å². The van der Waals surface area contributed by atoms with Crippen LogP contribution in [-0.2, 0) is 0 Å². The highest BCUT2D eigenvalue weighted by Gasteiger charge is 2.24. The zero-order valence-electron chi connectivity index (χ0n) is 20.0. The molecule has 0 atom stereocenters. The molecule has 0 saturated carbocycles. The van der Waals surface area contributed by atoms with E-state index >= 15 is 0 Å². The molecule has 0 bridgehead atoms. The molecule has 0 N–H and O–H groups in total. The lowest BCUT2D eigenvalue weighted by Gasteiger charge is -2.17. The summed E-state index contributed by atoms with van der Waals surface area (Å²) in [6.07, 6.45) is 0. The second kappa shape index (κ2) is 11.8. The summed E-state index contributed by atoms with van der Waals surface area (Å²) in [4.78, 5) is 0. The topological polar surface area (TPSA) is 105 Å². The monoisotopic (exact) mass is 513 g/mol. The van der Waals surface area contributed by atoms with Gasteiger partial charge < -0.3 is 4.74 Å².